The van der Waals surface area contributed by atoms with Gasteiger partial charge in [-0.2, -0.15) is 0 Å². The summed E-state index contributed by atoms with van der Waals surface area (Å²) < 4.78 is 52.4. The Labute approximate surface area is 507 Å². The largest absolute Gasteiger partial charge is 2.00 e. The minimum atomic E-state index is 0. The number of likely N-dealkylation sites (N-methyl/N-ethyl adjacent to an activating group) is 4. The predicted molar refractivity (Wildman–Crippen MR) is 304 cm³/mol. The molecule has 0 spiro atoms. The molecule has 82 heavy (non-hydrogen) atoms. The zero-order chi connectivity index (χ0) is 54.3. The Balaban J connectivity index is 0.00000353. The number of H-pyrrole nitrogens is 2. The van der Waals surface area contributed by atoms with E-state index in [0.717, 1.165) is 216 Å². The van der Waals surface area contributed by atoms with E-state index in [0.29, 0.717) is 72.3 Å². The molecule has 2 N–H and O–H groups in total. The molecular formula is C60H74IN12O8Zn+5. The van der Waals surface area contributed by atoms with Gasteiger partial charge in [-0.05, 0) is 72.8 Å². The van der Waals surface area contributed by atoms with Crippen molar-refractivity contribution >= 4 is 44.1 Å². The summed E-state index contributed by atoms with van der Waals surface area (Å²) in [6.45, 7) is 19.4. The third kappa shape index (κ3) is 12.6. The summed E-state index contributed by atoms with van der Waals surface area (Å²) >= 11 is 0. The van der Waals surface area contributed by atoms with E-state index in [9.17, 15) is 0 Å². The number of quaternary nitrogens is 4. The Bertz CT molecular complexity index is 3380. The summed E-state index contributed by atoms with van der Waals surface area (Å²) in [5.41, 5.74) is 5.56. The molecule has 6 aliphatic rings. The van der Waals surface area contributed by atoms with Crippen LogP contribution >= 0.6 is 0 Å². The fraction of sp³-hybridized carbons (Fsp3) is 0.467. The Morgan fingerprint density at radius 1 is 0.354 bits per heavy atom. The number of hydrogen-bond acceptors (Lipinski definition) is 14. The van der Waals surface area contributed by atoms with E-state index in [1.807, 2.05) is 72.8 Å². The molecule has 7 aromatic rings. The number of nitrogens with zero attached hydrogens (tertiary/aromatic N) is 10. The van der Waals surface area contributed by atoms with Crippen LogP contribution in [0.15, 0.2) is 72.8 Å². The SMILES string of the molecule is C[N+]1(CCOc2ccc3c(c2)-c2nc-3nc3[nH]c(nc4nc(nc5[nH]c(n2)c2ccc(OCC[N+]6(C)CCOCC6)cc52)-c2ccc(OCC[N+]5(C)CCOCC5)cc2-4)c2ccc(OCC[N+]4(C)CCOCC4)cc32)CCOCC1.[I-].[Zn+2]. The monoisotopic (exact) mass is 1280 g/mol. The average Bonchev–Trinajstić information content (AvgIpc) is 4.41. The maximum atomic E-state index is 6.53. The van der Waals surface area contributed by atoms with Crippen molar-refractivity contribution < 1.29 is 99.3 Å². The van der Waals surface area contributed by atoms with E-state index in [4.69, 9.17) is 67.8 Å². The Kier molecular flexibility index (Phi) is 17.5. The molecule has 426 valence electrons. The second kappa shape index (κ2) is 24.6. The minimum Gasteiger partial charge on any atom is -1.00 e. The maximum Gasteiger partial charge on any atom is 2.00 e. The molecular weight excluding hydrogens is 1210 g/mol. The van der Waals surface area contributed by atoms with E-state index >= 15 is 0 Å². The molecule has 0 radical (unpaired) electrons. The summed E-state index contributed by atoms with van der Waals surface area (Å²) in [4.78, 5) is 39.2. The zero-order valence-electron chi connectivity index (χ0n) is 47.7. The molecule has 0 amide bonds. The molecule has 8 bridgehead atoms. The van der Waals surface area contributed by atoms with Gasteiger partial charge in [0.25, 0.3) is 0 Å². The van der Waals surface area contributed by atoms with Gasteiger partial charge in [0, 0.05) is 43.8 Å². The van der Waals surface area contributed by atoms with Crippen molar-refractivity contribution in [1.82, 2.24) is 39.9 Å². The number of halogens is 1. The fourth-order valence-electron chi connectivity index (χ4n) is 11.6. The van der Waals surface area contributed by atoms with Gasteiger partial charge in [-0.25, -0.2) is 29.9 Å². The van der Waals surface area contributed by atoms with Crippen LogP contribution < -0.4 is 42.9 Å². The van der Waals surface area contributed by atoms with E-state index in [1.54, 1.807) is 0 Å². The van der Waals surface area contributed by atoms with Crippen LogP contribution in [0.25, 0.3) is 89.7 Å². The zero-order valence-corrected chi connectivity index (χ0v) is 52.8. The van der Waals surface area contributed by atoms with Gasteiger partial charge in [0.2, 0.25) is 0 Å². The molecule has 4 saturated heterocycles. The number of fused-ring (bicyclic) bond motifs is 20. The molecule has 0 unspecified atom stereocenters. The smallest absolute Gasteiger partial charge is 1.00 e. The van der Waals surface area contributed by atoms with Crippen LogP contribution in [0.1, 0.15) is 0 Å². The summed E-state index contributed by atoms with van der Waals surface area (Å²) in [7, 11) is 9.08. The van der Waals surface area contributed by atoms with Crippen LogP contribution in [-0.4, -0.2) is 244 Å². The summed E-state index contributed by atoms with van der Waals surface area (Å²) in [6.07, 6.45) is 0. The van der Waals surface area contributed by atoms with Gasteiger partial charge in [0.15, 0.2) is 23.3 Å². The maximum absolute atomic E-state index is 6.53. The van der Waals surface area contributed by atoms with Gasteiger partial charge in [-0.15, -0.1) is 0 Å². The van der Waals surface area contributed by atoms with Gasteiger partial charge in [-0.3, -0.25) is 0 Å². The molecule has 0 aliphatic carbocycles. The molecule has 0 saturated carbocycles. The summed E-state index contributed by atoms with van der Waals surface area (Å²) in [5, 5.41) is 3.35. The summed E-state index contributed by atoms with van der Waals surface area (Å²) in [5.74, 6) is 4.90. The number of nitrogens with one attached hydrogen (secondary N) is 2. The minimum absolute atomic E-state index is 0. The molecule has 9 heterocycles. The molecule has 4 fully saturated rings. The molecule has 13 rings (SSSR count). The van der Waals surface area contributed by atoms with E-state index in [-0.39, 0.29) is 43.5 Å². The fourth-order valence-corrected chi connectivity index (χ4v) is 11.6. The topological polar surface area (TPSA) is 183 Å². The number of morpholine rings is 4. The first-order valence-electron chi connectivity index (χ1n) is 28.5. The van der Waals surface area contributed by atoms with Crippen molar-refractivity contribution in [3.8, 4) is 68.5 Å². The van der Waals surface area contributed by atoms with Crippen molar-refractivity contribution in [3.05, 3.63) is 72.8 Å². The van der Waals surface area contributed by atoms with Gasteiger partial charge >= 0.3 is 19.5 Å². The average molecular weight is 1280 g/mol. The van der Waals surface area contributed by atoms with Crippen molar-refractivity contribution in [2.24, 2.45) is 0 Å². The number of aromatic amines is 2. The Morgan fingerprint density at radius 3 is 0.939 bits per heavy atom. The third-order valence-electron chi connectivity index (χ3n) is 17.5. The van der Waals surface area contributed by atoms with Crippen LogP contribution in [0.2, 0.25) is 0 Å². The molecule has 0 atom stereocenters. The van der Waals surface area contributed by atoms with Gasteiger partial charge in [-0.1, -0.05) is 0 Å². The van der Waals surface area contributed by atoms with Crippen LogP contribution in [0, 0.1) is 0 Å². The van der Waals surface area contributed by atoms with Crippen molar-refractivity contribution in [2.45, 2.75) is 0 Å². The van der Waals surface area contributed by atoms with E-state index in [1.165, 1.54) is 0 Å². The normalized spacial score (nSPS) is 18.6. The first-order chi connectivity index (χ1) is 38.9. The van der Waals surface area contributed by atoms with Crippen LogP contribution in [0.3, 0.4) is 0 Å². The van der Waals surface area contributed by atoms with Gasteiger partial charge in [0.1, 0.15) is 151 Å². The molecule has 22 heteroatoms. The first-order valence-corrected chi connectivity index (χ1v) is 28.5. The van der Waals surface area contributed by atoms with E-state index < -0.39 is 0 Å². The second-order valence-corrected chi connectivity index (χ2v) is 23.4. The number of hydrogen-bond donors (Lipinski definition) is 2. The van der Waals surface area contributed by atoms with Crippen LogP contribution in [-0.2, 0) is 38.4 Å². The number of aromatic nitrogens is 8. The number of benzene rings is 4. The van der Waals surface area contributed by atoms with Crippen molar-refractivity contribution in [2.75, 3.05) is 186 Å². The van der Waals surface area contributed by atoms with Gasteiger partial charge in [0.05, 0.1) is 81.0 Å². The molecule has 4 aromatic carbocycles. The quantitative estimate of drug-likeness (QED) is 0.0817. The van der Waals surface area contributed by atoms with E-state index in [2.05, 4.69) is 38.2 Å². The number of rotatable bonds is 16. The third-order valence-corrected chi connectivity index (χ3v) is 17.5. The van der Waals surface area contributed by atoms with Gasteiger partial charge < -0.3 is 89.8 Å². The molecule has 20 nitrogen and oxygen atoms in total. The Hall–Kier alpha value is -5.53. The van der Waals surface area contributed by atoms with Crippen LogP contribution in [0.5, 0.6) is 23.0 Å². The second-order valence-electron chi connectivity index (χ2n) is 23.4. The standard InChI is InChI=1S/C60H74N12O8.HI.Zn/c1-69(13-25-73-26-14-69)21-33-77-41-5-9-45-49(37-41)57-61-53(45)66-58-51-39-43(79-35-23-71(3)17-29-75-30-18-71)7-11-47(51)55(63-58)68-60-52-40-44(80-36-24-72(4)19-31-76-32-20-72)8-12-48(52)56(64-60)67-59-50-38-42(6-10-46(50)54(62-59)65-57)78-34-22-70(2)15-27-74-28-16-70;;/h5-12,37-40H,13-36H2,1-4H3,(H2,61,62,63,64,65,66,67,68);1H;/q+4;;+2/p-1. The molecule has 3 aromatic heterocycles. The predicted octanol–water partition coefficient (Wildman–Crippen LogP) is 3.29. The van der Waals surface area contributed by atoms with Crippen molar-refractivity contribution in [1.29, 1.82) is 0 Å². The van der Waals surface area contributed by atoms with Crippen LogP contribution in [0.4, 0.5) is 0 Å². The first kappa shape index (κ1) is 58.3. The molecule has 6 aliphatic heterocycles. The number of ether oxygens (including phenoxy) is 8. The summed E-state index contributed by atoms with van der Waals surface area (Å²) in [6, 6.07) is 24.4. The van der Waals surface area contributed by atoms with Crippen molar-refractivity contribution in [3.63, 3.8) is 0 Å². The Morgan fingerprint density at radius 2 is 0.622 bits per heavy atom.